The summed E-state index contributed by atoms with van der Waals surface area (Å²) in [6.07, 6.45) is 0.532. The molecule has 1 aliphatic carbocycles. The maximum Gasteiger partial charge on any atom is 0.280 e. The van der Waals surface area contributed by atoms with E-state index >= 15 is 0 Å². The highest BCUT2D eigenvalue weighted by Gasteiger charge is 2.32. The van der Waals surface area contributed by atoms with Crippen molar-refractivity contribution in [2.24, 2.45) is 5.73 Å². The van der Waals surface area contributed by atoms with Gasteiger partial charge in [-0.3, -0.25) is 9.59 Å². The van der Waals surface area contributed by atoms with Gasteiger partial charge in [0.25, 0.3) is 18.2 Å². The number of aromatic nitrogens is 3. The van der Waals surface area contributed by atoms with E-state index in [-0.39, 0.29) is 32.6 Å². The van der Waals surface area contributed by atoms with Crippen molar-refractivity contribution in [2.45, 2.75) is 25.2 Å². The first-order chi connectivity index (χ1) is 18.4. The Bertz CT molecular complexity index is 1680. The minimum absolute atomic E-state index is 0.0599. The van der Waals surface area contributed by atoms with Crippen molar-refractivity contribution in [3.05, 3.63) is 94.6 Å². The molecule has 0 aliphatic heterocycles. The van der Waals surface area contributed by atoms with Crippen LogP contribution in [0.5, 0.6) is 0 Å². The average molecular weight is 530 g/mol. The number of carbonyl (C=O) groups is 2. The topological polar surface area (TPSA) is 103 Å². The molecule has 1 aliphatic rings. The lowest BCUT2D eigenvalue weighted by atomic mass is 10.0. The second-order valence-electron chi connectivity index (χ2n) is 9.05. The van der Waals surface area contributed by atoms with Gasteiger partial charge >= 0.3 is 0 Å². The number of anilines is 1. The Morgan fingerprint density at radius 1 is 1.05 bits per heavy atom. The smallest absolute Gasteiger partial charge is 0.280 e. The molecule has 5 aromatic rings. The van der Waals surface area contributed by atoms with Crippen LogP contribution in [0.3, 0.4) is 0 Å². The number of hydrogen-bond acceptors (Lipinski definition) is 5. The molecule has 10 heteroatoms. The van der Waals surface area contributed by atoms with Gasteiger partial charge in [-0.2, -0.15) is 5.10 Å². The Kier molecular flexibility index (Phi) is 5.96. The average Bonchev–Trinajstić information content (AvgIpc) is 3.57. The molecule has 3 N–H and O–H groups in total. The van der Waals surface area contributed by atoms with E-state index in [1.165, 1.54) is 6.07 Å². The highest BCUT2D eigenvalue weighted by atomic mass is 32.1. The molecule has 3 aromatic heterocycles. The van der Waals surface area contributed by atoms with Crippen molar-refractivity contribution >= 4 is 39.1 Å². The summed E-state index contributed by atoms with van der Waals surface area (Å²) in [6.45, 7) is 0. The lowest BCUT2D eigenvalue weighted by Gasteiger charge is -2.10. The van der Waals surface area contributed by atoms with Gasteiger partial charge in [0.05, 0.1) is 16.9 Å². The van der Waals surface area contributed by atoms with Crippen LogP contribution < -0.4 is 11.1 Å². The van der Waals surface area contributed by atoms with Crippen LogP contribution in [0.15, 0.2) is 72.9 Å². The molecule has 0 unspecified atom stereocenters. The fourth-order valence-electron chi connectivity index (χ4n) is 4.51. The predicted molar refractivity (Wildman–Crippen MR) is 142 cm³/mol. The molecule has 0 atom stereocenters. The monoisotopic (exact) mass is 529 g/mol. The van der Waals surface area contributed by atoms with Gasteiger partial charge in [-0.05, 0) is 42.5 Å². The van der Waals surface area contributed by atoms with Crippen LogP contribution >= 0.6 is 11.3 Å². The number of pyridine rings is 1. The molecular formula is C28H21F2N5O2S. The Balaban J connectivity index is 1.49. The number of halogens is 2. The van der Waals surface area contributed by atoms with E-state index in [1.54, 1.807) is 10.9 Å². The van der Waals surface area contributed by atoms with Crippen LogP contribution in [0.1, 0.15) is 56.5 Å². The largest absolute Gasteiger partial charge is 0.365 e. The highest BCUT2D eigenvalue weighted by Crippen LogP contribution is 2.48. The van der Waals surface area contributed by atoms with Crippen molar-refractivity contribution in [2.75, 3.05) is 5.32 Å². The van der Waals surface area contributed by atoms with E-state index in [4.69, 9.17) is 5.73 Å². The number of nitrogens with two attached hydrogens (primary N) is 1. The number of nitrogens with zero attached hydrogens (tertiary/aromatic N) is 3. The number of benzene rings is 2. The summed E-state index contributed by atoms with van der Waals surface area (Å²) < 4.78 is 28.8. The summed E-state index contributed by atoms with van der Waals surface area (Å²) in [4.78, 5) is 30.6. The van der Waals surface area contributed by atoms with Gasteiger partial charge in [-0.1, -0.05) is 48.5 Å². The lowest BCUT2D eigenvalue weighted by Crippen LogP contribution is -2.17. The van der Waals surface area contributed by atoms with Gasteiger partial charge in [-0.15, -0.1) is 11.3 Å². The Morgan fingerprint density at radius 2 is 1.74 bits per heavy atom. The zero-order chi connectivity index (χ0) is 26.4. The SMILES string of the molecule is NC(=O)c1sc2nc(C(F)F)cc(C3CC3)c2c1NC(=O)c1cn(-c2ccccc2)nc1-c1ccccc1. The number of para-hydroxylation sites is 1. The van der Waals surface area contributed by atoms with E-state index in [0.29, 0.717) is 16.6 Å². The molecule has 38 heavy (non-hydrogen) atoms. The van der Waals surface area contributed by atoms with Crippen molar-refractivity contribution in [1.29, 1.82) is 0 Å². The van der Waals surface area contributed by atoms with E-state index in [9.17, 15) is 18.4 Å². The molecule has 6 rings (SSSR count). The number of nitrogens with one attached hydrogen (secondary N) is 1. The van der Waals surface area contributed by atoms with Crippen LogP contribution in [0, 0.1) is 0 Å². The van der Waals surface area contributed by atoms with Gasteiger partial charge < -0.3 is 11.1 Å². The Labute approximate surface area is 219 Å². The fraction of sp³-hybridized carbons (Fsp3) is 0.143. The van der Waals surface area contributed by atoms with Crippen LogP contribution in [0.2, 0.25) is 0 Å². The summed E-state index contributed by atoms with van der Waals surface area (Å²) in [7, 11) is 0. The molecule has 3 heterocycles. The Hall–Kier alpha value is -4.44. The molecule has 0 spiro atoms. The molecule has 1 fully saturated rings. The molecular weight excluding hydrogens is 508 g/mol. The normalized spacial score (nSPS) is 13.2. The molecule has 0 saturated heterocycles. The zero-order valence-corrected chi connectivity index (χ0v) is 20.7. The third-order valence-corrected chi connectivity index (χ3v) is 7.54. The van der Waals surface area contributed by atoms with E-state index in [2.05, 4.69) is 15.4 Å². The standard InChI is InChI=1S/C28H21F2N5O2S/c29-25(30)20-13-18(15-11-12-15)21-23(24(26(31)36)38-28(21)32-20)33-27(37)19-14-35(17-9-5-2-6-10-17)34-22(19)16-7-3-1-4-8-16/h1-10,13-15,25H,11-12H2,(H2,31,36)(H,33,37). The second kappa shape index (κ2) is 9.46. The zero-order valence-electron chi connectivity index (χ0n) is 19.9. The van der Waals surface area contributed by atoms with Crippen LogP contribution in [0.25, 0.3) is 27.2 Å². The predicted octanol–water partition coefficient (Wildman–Crippen LogP) is 6.32. The molecule has 2 amide bonds. The third-order valence-electron chi connectivity index (χ3n) is 6.44. The van der Waals surface area contributed by atoms with Gasteiger partial charge in [0, 0.05) is 17.1 Å². The summed E-state index contributed by atoms with van der Waals surface area (Å²) >= 11 is 0.908. The van der Waals surface area contributed by atoms with E-state index < -0.39 is 18.2 Å². The first kappa shape index (κ1) is 23.9. The number of hydrogen-bond donors (Lipinski definition) is 2. The van der Waals surface area contributed by atoms with E-state index in [0.717, 1.165) is 35.4 Å². The molecule has 1 saturated carbocycles. The number of fused-ring (bicyclic) bond motifs is 1. The van der Waals surface area contributed by atoms with Gasteiger partial charge in [0.1, 0.15) is 21.1 Å². The third kappa shape index (κ3) is 4.32. The number of primary amides is 1. The summed E-state index contributed by atoms with van der Waals surface area (Å²) in [6, 6.07) is 20.0. The Morgan fingerprint density at radius 3 is 2.37 bits per heavy atom. The highest BCUT2D eigenvalue weighted by molar-refractivity contribution is 7.21. The van der Waals surface area contributed by atoms with Crippen molar-refractivity contribution < 1.29 is 18.4 Å². The molecule has 2 aromatic carbocycles. The van der Waals surface area contributed by atoms with Crippen LogP contribution in [-0.2, 0) is 0 Å². The maximum absolute atomic E-state index is 13.8. The summed E-state index contributed by atoms with van der Waals surface area (Å²) in [5, 5.41) is 8.03. The number of amides is 2. The number of alkyl halides is 2. The summed E-state index contributed by atoms with van der Waals surface area (Å²) in [5.74, 6) is -1.22. The van der Waals surface area contributed by atoms with Crippen LogP contribution in [0.4, 0.5) is 14.5 Å². The minimum Gasteiger partial charge on any atom is -0.365 e. The molecule has 7 nitrogen and oxygen atoms in total. The summed E-state index contributed by atoms with van der Waals surface area (Å²) in [5.41, 5.74) is 8.38. The van der Waals surface area contributed by atoms with Crippen molar-refractivity contribution in [3.8, 4) is 16.9 Å². The van der Waals surface area contributed by atoms with Gasteiger partial charge in [0.2, 0.25) is 0 Å². The molecule has 0 radical (unpaired) electrons. The van der Waals surface area contributed by atoms with Crippen LogP contribution in [-0.4, -0.2) is 26.6 Å². The lowest BCUT2D eigenvalue weighted by molar-refractivity contribution is 0.100. The number of thiophene rings is 1. The minimum atomic E-state index is -2.76. The number of carbonyl (C=O) groups excluding carboxylic acids is 2. The van der Waals surface area contributed by atoms with E-state index in [1.807, 2.05) is 60.7 Å². The second-order valence-corrected chi connectivity index (χ2v) is 10.1. The number of rotatable bonds is 7. The first-order valence-corrected chi connectivity index (χ1v) is 12.8. The van der Waals surface area contributed by atoms with Crippen molar-refractivity contribution in [1.82, 2.24) is 14.8 Å². The maximum atomic E-state index is 13.8. The van der Waals surface area contributed by atoms with Gasteiger partial charge in [-0.25, -0.2) is 18.4 Å². The van der Waals surface area contributed by atoms with Gasteiger partial charge in [0.15, 0.2) is 0 Å². The van der Waals surface area contributed by atoms with Crippen molar-refractivity contribution in [3.63, 3.8) is 0 Å². The fourth-order valence-corrected chi connectivity index (χ4v) is 5.53. The quantitative estimate of drug-likeness (QED) is 0.258. The first-order valence-electron chi connectivity index (χ1n) is 12.0. The molecule has 190 valence electrons. The molecule has 0 bridgehead atoms.